The van der Waals surface area contributed by atoms with Crippen molar-refractivity contribution in [2.75, 3.05) is 6.61 Å². The zero-order valence-electron chi connectivity index (χ0n) is 14.0. The summed E-state index contributed by atoms with van der Waals surface area (Å²) in [5.41, 5.74) is 3.60. The van der Waals surface area contributed by atoms with Crippen LogP contribution >= 0.6 is 11.6 Å². The average molecular weight is 383 g/mol. The molecule has 2 aromatic carbocycles. The minimum Gasteiger partial charge on any atom is -0.388 e. The maximum Gasteiger partial charge on any atom is 0.182 e. The molecule has 3 unspecified atom stereocenters. The van der Waals surface area contributed by atoms with E-state index in [2.05, 4.69) is 10.1 Å². The molecule has 3 heterocycles. The number of aliphatic hydroxyl groups is 2. The standard InChI is InChI=1S/C19H15ClN4O3/c20-10-6-7-12-13(8-10)21-16-15(18-17(26)14(25)9-27-18)23-24(19(16)22-12)11-4-2-1-3-5-11/h1-8,14,17-18,25-26H,9H2. The van der Waals surface area contributed by atoms with Gasteiger partial charge >= 0.3 is 0 Å². The van der Waals surface area contributed by atoms with Gasteiger partial charge in [0.2, 0.25) is 0 Å². The van der Waals surface area contributed by atoms with Crippen LogP contribution in [0.15, 0.2) is 48.5 Å². The van der Waals surface area contributed by atoms with Crippen molar-refractivity contribution in [3.05, 3.63) is 59.2 Å². The van der Waals surface area contributed by atoms with E-state index in [1.54, 1.807) is 22.9 Å². The first kappa shape index (κ1) is 16.6. The van der Waals surface area contributed by atoms with Crippen molar-refractivity contribution in [1.29, 1.82) is 0 Å². The minimum absolute atomic E-state index is 0.0400. The quantitative estimate of drug-likeness (QED) is 0.553. The largest absolute Gasteiger partial charge is 0.388 e. The third-order valence-electron chi connectivity index (χ3n) is 4.68. The first-order valence-electron chi connectivity index (χ1n) is 8.51. The Morgan fingerprint density at radius 2 is 1.85 bits per heavy atom. The Hall–Kier alpha value is -2.58. The Bertz CT molecular complexity index is 1150. The van der Waals surface area contributed by atoms with E-state index in [9.17, 15) is 10.2 Å². The summed E-state index contributed by atoms with van der Waals surface area (Å²) in [5, 5.41) is 25.4. The minimum atomic E-state index is -1.08. The Balaban J connectivity index is 1.81. The van der Waals surface area contributed by atoms with Gasteiger partial charge < -0.3 is 14.9 Å². The fourth-order valence-corrected chi connectivity index (χ4v) is 3.49. The molecule has 4 aromatic rings. The molecule has 0 bridgehead atoms. The van der Waals surface area contributed by atoms with Crippen molar-refractivity contribution >= 4 is 33.8 Å². The van der Waals surface area contributed by atoms with Crippen LogP contribution in [0.5, 0.6) is 0 Å². The summed E-state index contributed by atoms with van der Waals surface area (Å²) in [6.45, 7) is 0.0400. The van der Waals surface area contributed by atoms with Crippen molar-refractivity contribution < 1.29 is 14.9 Å². The van der Waals surface area contributed by atoms with Crippen molar-refractivity contribution in [1.82, 2.24) is 19.7 Å². The van der Waals surface area contributed by atoms with Crippen LogP contribution in [0.3, 0.4) is 0 Å². The van der Waals surface area contributed by atoms with Crippen molar-refractivity contribution in [3.8, 4) is 5.69 Å². The number of hydrogen-bond acceptors (Lipinski definition) is 6. The van der Waals surface area contributed by atoms with Gasteiger partial charge in [-0.1, -0.05) is 29.8 Å². The molecular formula is C19H15ClN4O3. The molecule has 2 aromatic heterocycles. The molecular weight excluding hydrogens is 368 g/mol. The molecule has 1 fully saturated rings. The molecule has 8 heteroatoms. The predicted octanol–water partition coefficient (Wildman–Crippen LogP) is 2.42. The van der Waals surface area contributed by atoms with Gasteiger partial charge in [-0.3, -0.25) is 0 Å². The zero-order chi connectivity index (χ0) is 18.5. The lowest BCUT2D eigenvalue weighted by molar-refractivity contribution is 0.0209. The number of aliphatic hydroxyl groups excluding tert-OH is 2. The fourth-order valence-electron chi connectivity index (χ4n) is 3.32. The summed E-state index contributed by atoms with van der Waals surface area (Å²) in [7, 11) is 0. The predicted molar refractivity (Wildman–Crippen MR) is 99.9 cm³/mol. The van der Waals surface area contributed by atoms with Gasteiger partial charge in [0.25, 0.3) is 0 Å². The second-order valence-corrected chi connectivity index (χ2v) is 6.91. The number of fused-ring (bicyclic) bond motifs is 2. The Morgan fingerprint density at radius 1 is 1.04 bits per heavy atom. The van der Waals surface area contributed by atoms with Crippen LogP contribution in [0.2, 0.25) is 5.02 Å². The Labute approximate surface area is 158 Å². The van der Waals surface area contributed by atoms with E-state index in [0.717, 1.165) is 5.69 Å². The first-order valence-corrected chi connectivity index (χ1v) is 8.89. The molecule has 1 aliphatic heterocycles. The lowest BCUT2D eigenvalue weighted by Crippen LogP contribution is -2.25. The van der Waals surface area contributed by atoms with Crippen molar-refractivity contribution in [2.45, 2.75) is 18.3 Å². The SMILES string of the molecule is OC1COC(c2nn(-c3ccccc3)c3nc4ccc(Cl)cc4nc23)C1O. The van der Waals surface area contributed by atoms with Gasteiger partial charge in [-0.2, -0.15) is 5.10 Å². The van der Waals surface area contributed by atoms with E-state index in [0.29, 0.717) is 32.9 Å². The summed E-state index contributed by atoms with van der Waals surface area (Å²) in [4.78, 5) is 9.40. The molecule has 0 aliphatic carbocycles. The van der Waals surface area contributed by atoms with Crippen LogP contribution in [0.1, 0.15) is 11.8 Å². The first-order chi connectivity index (χ1) is 13.1. The van der Waals surface area contributed by atoms with Gasteiger partial charge in [0.1, 0.15) is 29.5 Å². The zero-order valence-corrected chi connectivity index (χ0v) is 14.8. The molecule has 2 N–H and O–H groups in total. The van der Waals surface area contributed by atoms with Gasteiger partial charge in [0.05, 0.1) is 23.3 Å². The van der Waals surface area contributed by atoms with Crippen LogP contribution < -0.4 is 0 Å². The van der Waals surface area contributed by atoms with Gasteiger partial charge in [-0.15, -0.1) is 0 Å². The summed E-state index contributed by atoms with van der Waals surface area (Å²) in [6.07, 6.45) is -2.82. The summed E-state index contributed by atoms with van der Waals surface area (Å²) < 4.78 is 7.26. The number of halogens is 1. The van der Waals surface area contributed by atoms with E-state index in [4.69, 9.17) is 21.3 Å². The molecule has 1 saturated heterocycles. The fraction of sp³-hybridized carbons (Fsp3) is 0.211. The Kier molecular flexibility index (Phi) is 3.84. The van der Waals surface area contributed by atoms with Crippen LogP contribution in [-0.4, -0.2) is 48.8 Å². The van der Waals surface area contributed by atoms with E-state index >= 15 is 0 Å². The van der Waals surface area contributed by atoms with E-state index in [-0.39, 0.29) is 6.61 Å². The number of benzene rings is 2. The highest BCUT2D eigenvalue weighted by Crippen LogP contribution is 2.34. The van der Waals surface area contributed by atoms with E-state index < -0.39 is 18.3 Å². The lowest BCUT2D eigenvalue weighted by Gasteiger charge is -2.12. The van der Waals surface area contributed by atoms with Gasteiger partial charge in [-0.25, -0.2) is 14.6 Å². The molecule has 0 radical (unpaired) electrons. The number of aromatic nitrogens is 4. The summed E-state index contributed by atoms with van der Waals surface area (Å²) in [6, 6.07) is 14.8. The maximum atomic E-state index is 10.3. The van der Waals surface area contributed by atoms with Gasteiger partial charge in [0, 0.05) is 5.02 Å². The maximum absolute atomic E-state index is 10.3. The highest BCUT2D eigenvalue weighted by Gasteiger charge is 2.39. The second kappa shape index (κ2) is 6.24. The number of nitrogens with zero attached hydrogens (tertiary/aromatic N) is 4. The topological polar surface area (TPSA) is 93.3 Å². The lowest BCUT2D eigenvalue weighted by atomic mass is 10.1. The van der Waals surface area contributed by atoms with Gasteiger partial charge in [-0.05, 0) is 30.3 Å². The van der Waals surface area contributed by atoms with Crippen LogP contribution in [-0.2, 0) is 4.74 Å². The molecule has 1 aliphatic rings. The summed E-state index contributed by atoms with van der Waals surface area (Å²) in [5.74, 6) is 0. The van der Waals surface area contributed by atoms with E-state index in [1.807, 2.05) is 30.3 Å². The summed E-state index contributed by atoms with van der Waals surface area (Å²) >= 11 is 6.09. The highest BCUT2D eigenvalue weighted by atomic mass is 35.5. The monoisotopic (exact) mass is 382 g/mol. The van der Waals surface area contributed by atoms with Crippen molar-refractivity contribution in [3.63, 3.8) is 0 Å². The Morgan fingerprint density at radius 3 is 2.59 bits per heavy atom. The molecule has 27 heavy (non-hydrogen) atoms. The van der Waals surface area contributed by atoms with E-state index in [1.165, 1.54) is 0 Å². The number of rotatable bonds is 2. The second-order valence-electron chi connectivity index (χ2n) is 6.47. The molecule has 0 spiro atoms. The molecule has 136 valence electrons. The normalized spacial score (nSPS) is 22.7. The number of hydrogen-bond donors (Lipinski definition) is 2. The molecule has 0 saturated carbocycles. The third kappa shape index (κ3) is 2.67. The highest BCUT2D eigenvalue weighted by molar-refractivity contribution is 6.31. The number of ether oxygens (including phenoxy) is 1. The molecule has 0 amide bonds. The number of para-hydroxylation sites is 1. The molecule has 7 nitrogen and oxygen atoms in total. The van der Waals surface area contributed by atoms with Crippen molar-refractivity contribution in [2.24, 2.45) is 0 Å². The van der Waals surface area contributed by atoms with Crippen LogP contribution in [0, 0.1) is 0 Å². The average Bonchev–Trinajstić information content (AvgIpc) is 3.21. The smallest absolute Gasteiger partial charge is 0.182 e. The van der Waals surface area contributed by atoms with Crippen LogP contribution in [0.25, 0.3) is 27.9 Å². The third-order valence-corrected chi connectivity index (χ3v) is 4.92. The molecule has 3 atom stereocenters. The van der Waals surface area contributed by atoms with Gasteiger partial charge in [0.15, 0.2) is 5.65 Å². The van der Waals surface area contributed by atoms with Crippen LogP contribution in [0.4, 0.5) is 0 Å². The molecule has 5 rings (SSSR count).